The van der Waals surface area contributed by atoms with Crippen molar-refractivity contribution < 1.29 is 12.9 Å². The molecule has 1 aromatic heterocycles. The summed E-state index contributed by atoms with van der Waals surface area (Å²) in [5, 5.41) is 4.31. The number of rotatable bonds is 6. The van der Waals surface area contributed by atoms with Crippen molar-refractivity contribution in [3.63, 3.8) is 0 Å². The molecule has 130 valence electrons. The number of hydrogen-bond acceptors (Lipinski definition) is 5. The highest BCUT2D eigenvalue weighted by Crippen LogP contribution is 2.20. The third-order valence-corrected chi connectivity index (χ3v) is 5.29. The van der Waals surface area contributed by atoms with E-state index in [1.165, 1.54) is 12.1 Å². The molecule has 0 spiro atoms. The largest absolute Gasteiger partial charge is 0.339 e. The van der Waals surface area contributed by atoms with E-state index in [1.54, 1.807) is 12.1 Å². The van der Waals surface area contributed by atoms with Crippen LogP contribution < -0.4 is 4.72 Å². The first-order valence-corrected chi connectivity index (χ1v) is 9.46. The second kappa shape index (κ2) is 7.35. The Morgan fingerprint density at radius 1 is 1.16 bits per heavy atom. The van der Waals surface area contributed by atoms with Crippen molar-refractivity contribution in [3.8, 4) is 11.4 Å². The zero-order valence-corrected chi connectivity index (χ0v) is 15.0. The summed E-state index contributed by atoms with van der Waals surface area (Å²) >= 11 is 5.83. The Kier molecular flexibility index (Phi) is 5.17. The molecule has 0 bridgehead atoms. The van der Waals surface area contributed by atoms with Crippen LogP contribution in [0.15, 0.2) is 57.9 Å². The highest BCUT2D eigenvalue weighted by molar-refractivity contribution is 7.89. The molecular formula is C17H16ClN3O3S. The lowest BCUT2D eigenvalue weighted by Gasteiger charge is -2.05. The third kappa shape index (κ3) is 4.25. The minimum absolute atomic E-state index is 0.117. The Balaban J connectivity index is 1.64. The van der Waals surface area contributed by atoms with Crippen LogP contribution in [0.25, 0.3) is 11.4 Å². The Labute approximate surface area is 150 Å². The van der Waals surface area contributed by atoms with Crippen molar-refractivity contribution in [1.29, 1.82) is 0 Å². The molecule has 25 heavy (non-hydrogen) atoms. The van der Waals surface area contributed by atoms with E-state index in [1.807, 2.05) is 31.2 Å². The van der Waals surface area contributed by atoms with Gasteiger partial charge in [-0.15, -0.1) is 0 Å². The van der Waals surface area contributed by atoms with Crippen molar-refractivity contribution in [2.45, 2.75) is 18.2 Å². The predicted octanol–water partition coefficient (Wildman–Crippen LogP) is 3.22. The van der Waals surface area contributed by atoms with Crippen molar-refractivity contribution in [2.75, 3.05) is 6.54 Å². The van der Waals surface area contributed by atoms with E-state index in [0.29, 0.717) is 23.2 Å². The van der Waals surface area contributed by atoms with E-state index in [-0.39, 0.29) is 11.4 Å². The molecule has 1 N–H and O–H groups in total. The summed E-state index contributed by atoms with van der Waals surface area (Å²) in [4.78, 5) is 4.43. The Morgan fingerprint density at radius 3 is 2.72 bits per heavy atom. The first-order chi connectivity index (χ1) is 12.0. The maximum Gasteiger partial charge on any atom is 0.240 e. The number of aryl methyl sites for hydroxylation is 1. The number of sulfonamides is 1. The molecule has 0 amide bonds. The fourth-order valence-electron chi connectivity index (χ4n) is 2.30. The number of hydrogen-bond donors (Lipinski definition) is 1. The van der Waals surface area contributed by atoms with Crippen molar-refractivity contribution in [3.05, 3.63) is 65.0 Å². The van der Waals surface area contributed by atoms with E-state index in [0.717, 1.165) is 11.1 Å². The molecule has 0 aliphatic rings. The van der Waals surface area contributed by atoms with Gasteiger partial charge in [-0.25, -0.2) is 13.1 Å². The summed E-state index contributed by atoms with van der Waals surface area (Å²) in [6.45, 7) is 2.11. The number of benzene rings is 2. The summed E-state index contributed by atoms with van der Waals surface area (Å²) in [6.07, 6.45) is 0.290. The van der Waals surface area contributed by atoms with Crippen molar-refractivity contribution >= 4 is 21.6 Å². The molecule has 0 fully saturated rings. The predicted molar refractivity (Wildman–Crippen MR) is 94.8 cm³/mol. The second-order valence-electron chi connectivity index (χ2n) is 5.43. The van der Waals surface area contributed by atoms with Gasteiger partial charge in [0.1, 0.15) is 0 Å². The summed E-state index contributed by atoms with van der Waals surface area (Å²) in [7, 11) is -3.63. The van der Waals surface area contributed by atoms with Gasteiger partial charge in [-0.2, -0.15) is 4.98 Å². The molecule has 3 aromatic rings. The third-order valence-electron chi connectivity index (χ3n) is 3.59. The maximum atomic E-state index is 12.2. The lowest BCUT2D eigenvalue weighted by atomic mass is 10.1. The number of nitrogens with zero attached hydrogens (tertiary/aromatic N) is 2. The molecule has 0 radical (unpaired) electrons. The van der Waals surface area contributed by atoms with Gasteiger partial charge in [-0.05, 0) is 30.7 Å². The minimum atomic E-state index is -3.63. The van der Waals surface area contributed by atoms with Gasteiger partial charge in [0.05, 0.1) is 4.90 Å². The minimum Gasteiger partial charge on any atom is -0.339 e. The van der Waals surface area contributed by atoms with Crippen LogP contribution in [0.2, 0.25) is 5.02 Å². The molecule has 2 aromatic carbocycles. The summed E-state index contributed by atoms with van der Waals surface area (Å²) in [5.74, 6) is 0.859. The normalized spacial score (nSPS) is 11.6. The van der Waals surface area contributed by atoms with Gasteiger partial charge in [0.15, 0.2) is 0 Å². The van der Waals surface area contributed by atoms with E-state index in [4.69, 9.17) is 16.1 Å². The standard InChI is InChI=1S/C17H16ClN3O3S/c1-12-5-2-3-8-15(12)17-20-16(24-21-17)9-10-19-25(22,23)14-7-4-6-13(18)11-14/h2-8,11,19H,9-10H2,1H3. The molecule has 8 heteroatoms. The average Bonchev–Trinajstić information content (AvgIpc) is 3.04. The van der Waals surface area contributed by atoms with Crippen LogP contribution in [-0.4, -0.2) is 25.1 Å². The number of halogens is 1. The zero-order chi connectivity index (χ0) is 17.9. The van der Waals surface area contributed by atoms with Crippen LogP contribution in [0.3, 0.4) is 0 Å². The van der Waals surface area contributed by atoms with Crippen LogP contribution in [0.4, 0.5) is 0 Å². The zero-order valence-electron chi connectivity index (χ0n) is 13.4. The SMILES string of the molecule is Cc1ccccc1-c1noc(CCNS(=O)(=O)c2cccc(Cl)c2)n1. The smallest absolute Gasteiger partial charge is 0.240 e. The van der Waals surface area contributed by atoms with Gasteiger partial charge in [0.2, 0.25) is 21.7 Å². The molecule has 0 saturated carbocycles. The summed E-state index contributed by atoms with van der Waals surface area (Å²) in [6, 6.07) is 13.8. The number of nitrogens with one attached hydrogen (secondary N) is 1. The molecule has 0 aliphatic heterocycles. The molecule has 0 atom stereocenters. The van der Waals surface area contributed by atoms with Crippen molar-refractivity contribution in [1.82, 2.24) is 14.9 Å². The summed E-state index contributed by atoms with van der Waals surface area (Å²) < 4.78 is 32.1. The number of aromatic nitrogens is 2. The van der Waals surface area contributed by atoms with Crippen LogP contribution in [0.5, 0.6) is 0 Å². The Bertz CT molecular complexity index is 986. The average molecular weight is 378 g/mol. The van der Waals surface area contributed by atoms with E-state index < -0.39 is 10.0 Å². The molecule has 6 nitrogen and oxygen atoms in total. The molecule has 0 saturated heterocycles. The second-order valence-corrected chi connectivity index (χ2v) is 7.64. The highest BCUT2D eigenvalue weighted by Gasteiger charge is 2.15. The first kappa shape index (κ1) is 17.6. The highest BCUT2D eigenvalue weighted by atomic mass is 35.5. The quantitative estimate of drug-likeness (QED) is 0.712. The van der Waals surface area contributed by atoms with Gasteiger partial charge in [-0.3, -0.25) is 0 Å². The van der Waals surface area contributed by atoms with E-state index in [2.05, 4.69) is 14.9 Å². The Morgan fingerprint density at radius 2 is 1.96 bits per heavy atom. The lowest BCUT2D eigenvalue weighted by molar-refractivity contribution is 0.379. The van der Waals surface area contributed by atoms with Gasteiger partial charge in [0, 0.05) is 23.6 Å². The van der Waals surface area contributed by atoms with Crippen LogP contribution in [0.1, 0.15) is 11.5 Å². The van der Waals surface area contributed by atoms with Crippen LogP contribution in [0, 0.1) is 6.92 Å². The molecule has 0 unspecified atom stereocenters. The first-order valence-electron chi connectivity index (χ1n) is 7.59. The van der Waals surface area contributed by atoms with Crippen LogP contribution >= 0.6 is 11.6 Å². The molecule has 1 heterocycles. The van der Waals surface area contributed by atoms with Gasteiger partial charge in [-0.1, -0.05) is 47.1 Å². The van der Waals surface area contributed by atoms with Crippen molar-refractivity contribution in [2.24, 2.45) is 0 Å². The molecule has 3 rings (SSSR count). The summed E-state index contributed by atoms with van der Waals surface area (Å²) in [5.41, 5.74) is 1.92. The fourth-order valence-corrected chi connectivity index (χ4v) is 3.63. The Hall–Kier alpha value is -2.22. The van der Waals surface area contributed by atoms with Gasteiger partial charge < -0.3 is 4.52 Å². The van der Waals surface area contributed by atoms with E-state index in [9.17, 15) is 8.42 Å². The van der Waals surface area contributed by atoms with Gasteiger partial charge >= 0.3 is 0 Å². The monoisotopic (exact) mass is 377 g/mol. The maximum absolute atomic E-state index is 12.2. The molecular weight excluding hydrogens is 362 g/mol. The van der Waals surface area contributed by atoms with Gasteiger partial charge in [0.25, 0.3) is 0 Å². The fraction of sp³-hybridized carbons (Fsp3) is 0.176. The topological polar surface area (TPSA) is 85.1 Å². The molecule has 0 aliphatic carbocycles. The van der Waals surface area contributed by atoms with E-state index >= 15 is 0 Å². The lowest BCUT2D eigenvalue weighted by Crippen LogP contribution is -2.26. The van der Waals surface area contributed by atoms with Crippen LogP contribution in [-0.2, 0) is 16.4 Å².